The number of amides is 1. The van der Waals surface area contributed by atoms with Gasteiger partial charge in [-0.3, -0.25) is 9.59 Å². The van der Waals surface area contributed by atoms with Gasteiger partial charge in [-0.2, -0.15) is 0 Å². The first-order valence-corrected chi connectivity index (χ1v) is 10.8. The Bertz CT molecular complexity index is 858. The predicted octanol–water partition coefficient (Wildman–Crippen LogP) is 5.05. The Morgan fingerprint density at radius 1 is 1.03 bits per heavy atom. The standard InChI is InChI=1S/C26H31NO3/c1-3-4-6-9-19-12-14-21(15-13-19)25(28)27-23-17-16-22(18-23)24(26(29)30-2)20-10-7-5-8-11-20/h5,7-8,10-17,22-24H,3-4,6,9,18H2,1-2H3,(H,27,28)/t22-,23+,24+/m0/s1. The van der Waals surface area contributed by atoms with Crippen molar-refractivity contribution in [1.82, 2.24) is 5.32 Å². The molecule has 30 heavy (non-hydrogen) atoms. The summed E-state index contributed by atoms with van der Waals surface area (Å²) in [5.74, 6) is -0.705. The molecule has 2 aromatic carbocycles. The average Bonchev–Trinajstić information content (AvgIpc) is 3.23. The molecule has 2 aromatic rings. The van der Waals surface area contributed by atoms with E-state index in [4.69, 9.17) is 4.74 Å². The lowest BCUT2D eigenvalue weighted by Gasteiger charge is -2.22. The summed E-state index contributed by atoms with van der Waals surface area (Å²) in [7, 11) is 1.42. The first kappa shape index (κ1) is 21.8. The third kappa shape index (κ3) is 5.59. The monoisotopic (exact) mass is 405 g/mol. The van der Waals surface area contributed by atoms with E-state index in [1.54, 1.807) is 0 Å². The molecule has 1 N–H and O–H groups in total. The van der Waals surface area contributed by atoms with Gasteiger partial charge in [0.15, 0.2) is 0 Å². The fourth-order valence-electron chi connectivity index (χ4n) is 4.08. The van der Waals surface area contributed by atoms with E-state index in [2.05, 4.69) is 12.2 Å². The highest BCUT2D eigenvalue weighted by atomic mass is 16.5. The largest absolute Gasteiger partial charge is 0.469 e. The summed E-state index contributed by atoms with van der Waals surface area (Å²) in [6.07, 6.45) is 9.35. The number of benzene rings is 2. The molecule has 0 saturated carbocycles. The maximum atomic E-state index is 12.7. The van der Waals surface area contributed by atoms with Crippen molar-refractivity contribution in [2.75, 3.05) is 7.11 Å². The summed E-state index contributed by atoms with van der Waals surface area (Å²) < 4.78 is 5.05. The van der Waals surface area contributed by atoms with Crippen LogP contribution >= 0.6 is 0 Å². The van der Waals surface area contributed by atoms with Crippen molar-refractivity contribution in [1.29, 1.82) is 0 Å². The number of ether oxygens (including phenoxy) is 1. The lowest BCUT2D eigenvalue weighted by atomic mass is 9.85. The van der Waals surface area contributed by atoms with Gasteiger partial charge in [-0.1, -0.05) is 74.4 Å². The summed E-state index contributed by atoms with van der Waals surface area (Å²) in [6, 6.07) is 17.5. The molecule has 0 saturated heterocycles. The Morgan fingerprint density at radius 3 is 2.43 bits per heavy atom. The number of methoxy groups -OCH3 is 1. The van der Waals surface area contributed by atoms with E-state index in [9.17, 15) is 9.59 Å². The molecule has 0 aliphatic heterocycles. The second-order valence-electron chi connectivity index (χ2n) is 7.93. The second-order valence-corrected chi connectivity index (χ2v) is 7.93. The van der Waals surface area contributed by atoms with E-state index in [1.165, 1.54) is 31.9 Å². The Labute approximate surface area is 179 Å². The smallest absolute Gasteiger partial charge is 0.313 e. The second kappa shape index (κ2) is 10.8. The van der Waals surface area contributed by atoms with Crippen LogP contribution in [0.25, 0.3) is 0 Å². The first-order valence-electron chi connectivity index (χ1n) is 10.8. The Kier molecular flexibility index (Phi) is 7.83. The van der Waals surface area contributed by atoms with Crippen LogP contribution in [0.1, 0.15) is 60.0 Å². The molecule has 0 aromatic heterocycles. The van der Waals surface area contributed by atoms with Crippen molar-refractivity contribution < 1.29 is 14.3 Å². The number of hydrogen-bond acceptors (Lipinski definition) is 3. The summed E-state index contributed by atoms with van der Waals surface area (Å²) in [6.45, 7) is 2.20. The minimum absolute atomic E-state index is 0.00825. The van der Waals surface area contributed by atoms with Gasteiger partial charge >= 0.3 is 5.97 Å². The fraction of sp³-hybridized carbons (Fsp3) is 0.385. The zero-order chi connectivity index (χ0) is 21.3. The number of hydrogen-bond donors (Lipinski definition) is 1. The highest BCUT2D eigenvalue weighted by molar-refractivity contribution is 5.94. The quantitative estimate of drug-likeness (QED) is 0.361. The molecule has 3 rings (SSSR count). The molecule has 4 nitrogen and oxygen atoms in total. The van der Waals surface area contributed by atoms with Crippen LogP contribution in [0.5, 0.6) is 0 Å². The lowest BCUT2D eigenvalue weighted by molar-refractivity contribution is -0.143. The minimum atomic E-state index is -0.364. The summed E-state index contributed by atoms with van der Waals surface area (Å²) in [5.41, 5.74) is 2.87. The van der Waals surface area contributed by atoms with Crippen LogP contribution in [0.15, 0.2) is 66.7 Å². The zero-order valence-corrected chi connectivity index (χ0v) is 17.8. The fourth-order valence-corrected chi connectivity index (χ4v) is 4.08. The van der Waals surface area contributed by atoms with Gasteiger partial charge in [0, 0.05) is 11.6 Å². The number of allylic oxidation sites excluding steroid dienone is 1. The Hall–Kier alpha value is -2.88. The molecule has 0 bridgehead atoms. The van der Waals surface area contributed by atoms with Crippen molar-refractivity contribution in [3.05, 3.63) is 83.4 Å². The minimum Gasteiger partial charge on any atom is -0.469 e. The van der Waals surface area contributed by atoms with Crippen molar-refractivity contribution in [3.63, 3.8) is 0 Å². The molecular formula is C26H31NO3. The van der Waals surface area contributed by atoms with Crippen LogP contribution in [0.2, 0.25) is 0 Å². The number of carbonyl (C=O) groups excluding carboxylic acids is 2. The van der Waals surface area contributed by atoms with E-state index in [0.717, 1.165) is 12.0 Å². The Balaban J connectivity index is 1.59. The van der Waals surface area contributed by atoms with Crippen LogP contribution in [0.3, 0.4) is 0 Å². The molecule has 0 fully saturated rings. The molecule has 1 amide bonds. The molecule has 1 aliphatic rings. The molecule has 1 aliphatic carbocycles. The Morgan fingerprint density at radius 2 is 1.77 bits per heavy atom. The van der Waals surface area contributed by atoms with Gasteiger partial charge < -0.3 is 10.1 Å². The maximum Gasteiger partial charge on any atom is 0.313 e. The predicted molar refractivity (Wildman–Crippen MR) is 119 cm³/mol. The van der Waals surface area contributed by atoms with Crippen LogP contribution in [0, 0.1) is 5.92 Å². The van der Waals surface area contributed by atoms with Gasteiger partial charge in [0.1, 0.15) is 0 Å². The molecule has 0 spiro atoms. The number of nitrogens with one attached hydrogen (secondary N) is 1. The maximum absolute atomic E-state index is 12.7. The van der Waals surface area contributed by atoms with E-state index in [-0.39, 0.29) is 29.8 Å². The molecule has 158 valence electrons. The number of rotatable bonds is 9. The van der Waals surface area contributed by atoms with Gasteiger partial charge in [0.05, 0.1) is 13.0 Å². The molecule has 3 atom stereocenters. The van der Waals surface area contributed by atoms with Crippen molar-refractivity contribution in [2.45, 2.75) is 51.0 Å². The molecular weight excluding hydrogens is 374 g/mol. The van der Waals surface area contributed by atoms with Gasteiger partial charge in [-0.05, 0) is 48.4 Å². The van der Waals surface area contributed by atoms with Crippen molar-refractivity contribution in [3.8, 4) is 0 Å². The van der Waals surface area contributed by atoms with Crippen LogP contribution in [0.4, 0.5) is 0 Å². The molecule has 4 heteroatoms. The summed E-state index contributed by atoms with van der Waals surface area (Å²) >= 11 is 0. The average molecular weight is 406 g/mol. The van der Waals surface area contributed by atoms with Crippen LogP contribution < -0.4 is 5.32 Å². The van der Waals surface area contributed by atoms with Gasteiger partial charge in [0.2, 0.25) is 0 Å². The van der Waals surface area contributed by atoms with Crippen LogP contribution in [-0.2, 0) is 16.0 Å². The van der Waals surface area contributed by atoms with Crippen LogP contribution in [-0.4, -0.2) is 25.0 Å². The normalized spacial score (nSPS) is 18.7. The van der Waals surface area contributed by atoms with Gasteiger partial charge in [-0.15, -0.1) is 0 Å². The molecule has 0 radical (unpaired) electrons. The summed E-state index contributed by atoms with van der Waals surface area (Å²) in [5, 5.41) is 3.08. The SMILES string of the molecule is CCCCCc1ccc(C(=O)N[C@@H]2C=C[C@H]([C@H](C(=O)OC)c3ccccc3)C2)cc1. The molecule has 0 heterocycles. The van der Waals surface area contributed by atoms with E-state index in [0.29, 0.717) is 12.0 Å². The van der Waals surface area contributed by atoms with Crippen molar-refractivity contribution in [2.24, 2.45) is 5.92 Å². The third-order valence-electron chi connectivity index (χ3n) is 5.76. The number of aryl methyl sites for hydroxylation is 1. The van der Waals surface area contributed by atoms with E-state index in [1.807, 2.05) is 66.7 Å². The number of carbonyl (C=O) groups is 2. The zero-order valence-electron chi connectivity index (χ0n) is 17.8. The molecule has 0 unspecified atom stereocenters. The summed E-state index contributed by atoms with van der Waals surface area (Å²) in [4.78, 5) is 25.1. The lowest BCUT2D eigenvalue weighted by Crippen LogP contribution is -2.33. The first-order chi connectivity index (χ1) is 14.6. The van der Waals surface area contributed by atoms with Gasteiger partial charge in [0.25, 0.3) is 5.91 Å². The highest BCUT2D eigenvalue weighted by Crippen LogP contribution is 2.34. The number of unbranched alkanes of at least 4 members (excludes halogenated alkanes) is 2. The van der Waals surface area contributed by atoms with Gasteiger partial charge in [-0.25, -0.2) is 0 Å². The topological polar surface area (TPSA) is 55.4 Å². The third-order valence-corrected chi connectivity index (χ3v) is 5.76. The highest BCUT2D eigenvalue weighted by Gasteiger charge is 2.33. The number of esters is 1. The van der Waals surface area contributed by atoms with E-state index >= 15 is 0 Å². The van der Waals surface area contributed by atoms with Crippen molar-refractivity contribution >= 4 is 11.9 Å². The van der Waals surface area contributed by atoms with E-state index < -0.39 is 0 Å².